The number of fused-ring (bicyclic) bond motifs is 1. The maximum atomic E-state index is 6.32. The minimum absolute atomic E-state index is 0. The number of halogens is 1. The van der Waals surface area contributed by atoms with Gasteiger partial charge in [-0.3, -0.25) is 9.98 Å². The van der Waals surface area contributed by atoms with Crippen molar-refractivity contribution in [3.8, 4) is 0 Å². The summed E-state index contributed by atoms with van der Waals surface area (Å²) in [6.07, 6.45) is 12.2. The number of amidine groups is 2. The lowest BCUT2D eigenvalue weighted by molar-refractivity contribution is 0.443. The minimum atomic E-state index is 0. The fourth-order valence-electron chi connectivity index (χ4n) is 5.05. The van der Waals surface area contributed by atoms with Crippen LogP contribution in [0, 0.1) is 0 Å². The molecule has 0 spiro atoms. The SMILES string of the molecule is Cl.NC(=NC1CCCCC1)c1ccc(Nc2nc3ccc(C(N)=NC4CCCCC4)cc3[nH]2)cc1. The first-order valence-corrected chi connectivity index (χ1v) is 12.7. The average molecular weight is 494 g/mol. The van der Waals surface area contributed by atoms with Crippen molar-refractivity contribution in [3.05, 3.63) is 53.6 Å². The minimum Gasteiger partial charge on any atom is -0.383 e. The van der Waals surface area contributed by atoms with Crippen molar-refractivity contribution in [2.24, 2.45) is 21.5 Å². The number of aromatic amines is 1. The molecule has 35 heavy (non-hydrogen) atoms. The van der Waals surface area contributed by atoms with E-state index in [0.717, 1.165) is 53.5 Å². The van der Waals surface area contributed by atoms with Gasteiger partial charge in [-0.15, -0.1) is 12.4 Å². The van der Waals surface area contributed by atoms with Crippen molar-refractivity contribution in [1.82, 2.24) is 9.97 Å². The van der Waals surface area contributed by atoms with Gasteiger partial charge in [-0.1, -0.05) is 38.5 Å². The second-order valence-corrected chi connectivity index (χ2v) is 9.63. The topological polar surface area (TPSA) is 117 Å². The first-order chi connectivity index (χ1) is 16.6. The van der Waals surface area contributed by atoms with E-state index < -0.39 is 0 Å². The number of hydrogen-bond donors (Lipinski definition) is 4. The molecule has 2 aliphatic rings. The Morgan fingerprint density at radius 1 is 0.771 bits per heavy atom. The van der Waals surface area contributed by atoms with E-state index in [-0.39, 0.29) is 12.4 Å². The molecule has 0 bridgehead atoms. The molecule has 0 amide bonds. The normalized spacial score (nSPS) is 18.4. The van der Waals surface area contributed by atoms with E-state index in [1.165, 1.54) is 38.5 Å². The van der Waals surface area contributed by atoms with Gasteiger partial charge in [0.05, 0.1) is 23.1 Å². The molecule has 2 fully saturated rings. The summed E-state index contributed by atoms with van der Waals surface area (Å²) in [6, 6.07) is 14.8. The molecule has 2 aliphatic carbocycles. The summed E-state index contributed by atoms with van der Waals surface area (Å²) in [5.41, 5.74) is 17.2. The Morgan fingerprint density at radius 2 is 1.31 bits per heavy atom. The molecule has 0 unspecified atom stereocenters. The number of aromatic nitrogens is 2. The number of rotatable bonds is 6. The van der Waals surface area contributed by atoms with E-state index in [4.69, 9.17) is 21.5 Å². The predicted molar refractivity (Wildman–Crippen MR) is 148 cm³/mol. The summed E-state index contributed by atoms with van der Waals surface area (Å²) in [5, 5.41) is 3.35. The Balaban J connectivity index is 0.00000289. The number of aliphatic imine (C=N–C) groups is 2. The Kier molecular flexibility index (Phi) is 8.29. The number of hydrogen-bond acceptors (Lipinski definition) is 4. The highest BCUT2D eigenvalue weighted by Crippen LogP contribution is 2.23. The van der Waals surface area contributed by atoms with Crippen LogP contribution in [0.3, 0.4) is 0 Å². The summed E-state index contributed by atoms with van der Waals surface area (Å²) >= 11 is 0. The molecule has 2 aromatic carbocycles. The molecule has 7 nitrogen and oxygen atoms in total. The van der Waals surface area contributed by atoms with E-state index in [1.54, 1.807) is 0 Å². The molecule has 5 rings (SSSR count). The highest BCUT2D eigenvalue weighted by Gasteiger charge is 2.14. The van der Waals surface area contributed by atoms with Crippen molar-refractivity contribution in [3.63, 3.8) is 0 Å². The number of nitrogens with zero attached hydrogens (tertiary/aromatic N) is 3. The van der Waals surface area contributed by atoms with Gasteiger partial charge in [-0.2, -0.15) is 0 Å². The second kappa shape index (κ2) is 11.6. The fourth-order valence-corrected chi connectivity index (χ4v) is 5.05. The summed E-state index contributed by atoms with van der Waals surface area (Å²) < 4.78 is 0. The zero-order valence-corrected chi connectivity index (χ0v) is 21.0. The van der Waals surface area contributed by atoms with Gasteiger partial charge < -0.3 is 21.8 Å². The van der Waals surface area contributed by atoms with Crippen molar-refractivity contribution < 1.29 is 0 Å². The molecule has 3 aromatic rings. The molecular weight excluding hydrogens is 458 g/mol. The van der Waals surface area contributed by atoms with E-state index in [2.05, 4.69) is 15.3 Å². The standard InChI is InChI=1S/C27H35N7.ClH/c28-25(30-20-7-3-1-4-8-20)18-11-14-22(15-12-18)32-27-33-23-16-13-19(17-24(23)34-27)26(29)31-21-9-5-2-6-10-21;/h11-17,20-21H,1-10H2,(H2,28,30)(H2,29,31)(H2,32,33,34);1H. The highest BCUT2D eigenvalue weighted by atomic mass is 35.5. The maximum absolute atomic E-state index is 6.32. The first kappa shape index (κ1) is 25.0. The number of imidazole rings is 1. The zero-order chi connectivity index (χ0) is 23.3. The maximum Gasteiger partial charge on any atom is 0.205 e. The molecule has 1 aromatic heterocycles. The lowest BCUT2D eigenvalue weighted by Gasteiger charge is -2.18. The number of anilines is 2. The third-order valence-electron chi connectivity index (χ3n) is 7.01. The molecule has 0 saturated heterocycles. The lowest BCUT2D eigenvalue weighted by Crippen LogP contribution is -2.19. The van der Waals surface area contributed by atoms with Crippen LogP contribution in [0.15, 0.2) is 52.4 Å². The van der Waals surface area contributed by atoms with E-state index >= 15 is 0 Å². The van der Waals surface area contributed by atoms with Gasteiger partial charge in [0, 0.05) is 16.8 Å². The van der Waals surface area contributed by atoms with Crippen LogP contribution in [-0.2, 0) is 0 Å². The Morgan fingerprint density at radius 3 is 1.91 bits per heavy atom. The van der Waals surface area contributed by atoms with Gasteiger partial charge in [0.1, 0.15) is 11.7 Å². The molecule has 6 N–H and O–H groups in total. The van der Waals surface area contributed by atoms with Gasteiger partial charge in [0.15, 0.2) is 0 Å². The Hall–Kier alpha value is -3.06. The van der Waals surface area contributed by atoms with Crippen LogP contribution in [-0.4, -0.2) is 33.7 Å². The predicted octanol–water partition coefficient (Wildman–Crippen LogP) is 5.80. The van der Waals surface area contributed by atoms with Crippen LogP contribution >= 0.6 is 12.4 Å². The van der Waals surface area contributed by atoms with Gasteiger partial charge >= 0.3 is 0 Å². The second-order valence-electron chi connectivity index (χ2n) is 9.63. The highest BCUT2D eigenvalue weighted by molar-refractivity contribution is 6.00. The van der Waals surface area contributed by atoms with Crippen molar-refractivity contribution in [2.45, 2.75) is 76.3 Å². The van der Waals surface area contributed by atoms with Gasteiger partial charge in [0.2, 0.25) is 5.95 Å². The summed E-state index contributed by atoms with van der Waals surface area (Å²) in [5.74, 6) is 1.93. The number of benzene rings is 2. The van der Waals surface area contributed by atoms with Crippen LogP contribution in [0.5, 0.6) is 0 Å². The third-order valence-corrected chi connectivity index (χ3v) is 7.01. The summed E-state index contributed by atoms with van der Waals surface area (Å²) in [6.45, 7) is 0. The van der Waals surface area contributed by atoms with Crippen molar-refractivity contribution in [2.75, 3.05) is 5.32 Å². The third kappa shape index (κ3) is 6.34. The van der Waals surface area contributed by atoms with E-state index in [1.807, 2.05) is 42.5 Å². The van der Waals surface area contributed by atoms with Crippen LogP contribution in [0.1, 0.15) is 75.3 Å². The smallest absolute Gasteiger partial charge is 0.205 e. The monoisotopic (exact) mass is 493 g/mol. The molecular formula is C27H36ClN7. The fraction of sp³-hybridized carbons (Fsp3) is 0.444. The molecule has 0 atom stereocenters. The van der Waals surface area contributed by atoms with Gasteiger partial charge in [0.25, 0.3) is 0 Å². The molecule has 0 radical (unpaired) electrons. The van der Waals surface area contributed by atoms with Gasteiger partial charge in [-0.25, -0.2) is 4.98 Å². The lowest BCUT2D eigenvalue weighted by atomic mass is 9.96. The molecule has 8 heteroatoms. The Labute approximate surface area is 213 Å². The number of nitrogens with one attached hydrogen (secondary N) is 2. The average Bonchev–Trinajstić information content (AvgIpc) is 3.27. The van der Waals surface area contributed by atoms with Crippen LogP contribution in [0.25, 0.3) is 11.0 Å². The summed E-state index contributed by atoms with van der Waals surface area (Å²) in [7, 11) is 0. The number of nitrogens with two attached hydrogens (primary N) is 2. The molecule has 186 valence electrons. The van der Waals surface area contributed by atoms with Crippen molar-refractivity contribution >= 4 is 46.7 Å². The van der Waals surface area contributed by atoms with Crippen LogP contribution in [0.4, 0.5) is 11.6 Å². The molecule has 0 aliphatic heterocycles. The summed E-state index contributed by atoms with van der Waals surface area (Å²) in [4.78, 5) is 17.5. The van der Waals surface area contributed by atoms with Crippen molar-refractivity contribution in [1.29, 1.82) is 0 Å². The van der Waals surface area contributed by atoms with Crippen LogP contribution < -0.4 is 16.8 Å². The molecule has 2 saturated carbocycles. The quantitative estimate of drug-likeness (QED) is 0.256. The first-order valence-electron chi connectivity index (χ1n) is 12.7. The Bertz CT molecular complexity index is 1170. The van der Waals surface area contributed by atoms with Crippen LogP contribution in [0.2, 0.25) is 0 Å². The largest absolute Gasteiger partial charge is 0.383 e. The molecule has 1 heterocycles. The van der Waals surface area contributed by atoms with E-state index in [0.29, 0.717) is 29.7 Å². The number of H-pyrrole nitrogens is 1. The van der Waals surface area contributed by atoms with E-state index in [9.17, 15) is 0 Å². The zero-order valence-electron chi connectivity index (χ0n) is 20.2. The van der Waals surface area contributed by atoms with Gasteiger partial charge in [-0.05, 0) is 68.1 Å².